The number of carbonyl (C=O) groups excluding carboxylic acids is 1. The van der Waals surface area contributed by atoms with Crippen LogP contribution in [0, 0.1) is 17.5 Å². The highest BCUT2D eigenvalue weighted by molar-refractivity contribution is 7.99. The van der Waals surface area contributed by atoms with Gasteiger partial charge in [-0.25, -0.2) is 23.1 Å². The van der Waals surface area contributed by atoms with Crippen LogP contribution in [0.3, 0.4) is 0 Å². The Bertz CT molecular complexity index is 1110. The number of thioether (sulfide) groups is 1. The molecule has 132 valence electrons. The largest absolute Gasteiger partial charge is 0.431 e. The smallest absolute Gasteiger partial charge is 0.257 e. The molecule has 0 spiro atoms. The quantitative estimate of drug-likeness (QED) is 0.405. The molecule has 4 rings (SSSR count). The number of rotatable bonds is 4. The summed E-state index contributed by atoms with van der Waals surface area (Å²) in [7, 11) is 0. The van der Waals surface area contributed by atoms with Gasteiger partial charge in [0, 0.05) is 0 Å². The lowest BCUT2D eigenvalue weighted by molar-refractivity contribution is -0.113. The summed E-state index contributed by atoms with van der Waals surface area (Å²) in [6.07, 6.45) is 0. The molecule has 2 aromatic carbocycles. The number of nitrogens with zero attached hydrogens (tertiary/aromatic N) is 2. The van der Waals surface area contributed by atoms with Crippen LogP contribution in [0.25, 0.3) is 21.3 Å². The Balaban J connectivity index is 1.46. The standard InChI is InChI=1S/C16H8F3N3O2S2/c17-7-5-10-14(13(19)12(7)18)22-15(26-10)21-11(23)6-25-16-20-8-3-1-2-4-9(8)24-16/h1-5H,6H2,(H,21,22,23). The molecule has 0 saturated carbocycles. The Morgan fingerprint density at radius 2 is 2.00 bits per heavy atom. The molecule has 0 aliphatic heterocycles. The van der Waals surface area contributed by atoms with Crippen molar-refractivity contribution >= 4 is 55.5 Å². The van der Waals surface area contributed by atoms with E-state index in [0.717, 1.165) is 29.2 Å². The number of carbonyl (C=O) groups is 1. The van der Waals surface area contributed by atoms with Crippen LogP contribution in [0.4, 0.5) is 18.3 Å². The zero-order valence-electron chi connectivity index (χ0n) is 12.8. The zero-order chi connectivity index (χ0) is 18.3. The van der Waals surface area contributed by atoms with Crippen molar-refractivity contribution in [3.8, 4) is 0 Å². The molecule has 0 radical (unpaired) electrons. The third kappa shape index (κ3) is 3.13. The Kier molecular flexibility index (Phi) is 4.29. The van der Waals surface area contributed by atoms with E-state index in [1.165, 1.54) is 0 Å². The third-order valence-electron chi connectivity index (χ3n) is 3.37. The molecule has 0 aliphatic carbocycles. The van der Waals surface area contributed by atoms with E-state index < -0.39 is 23.4 Å². The van der Waals surface area contributed by atoms with E-state index in [1.54, 1.807) is 12.1 Å². The summed E-state index contributed by atoms with van der Waals surface area (Å²) in [5, 5.41) is 2.85. The van der Waals surface area contributed by atoms with Crippen LogP contribution in [0.1, 0.15) is 0 Å². The molecule has 2 aromatic heterocycles. The number of amides is 1. The molecule has 2 heterocycles. The predicted octanol–water partition coefficient (Wildman–Crippen LogP) is 4.59. The summed E-state index contributed by atoms with van der Waals surface area (Å²) in [4.78, 5) is 20.0. The van der Waals surface area contributed by atoms with E-state index >= 15 is 0 Å². The molecule has 0 aliphatic rings. The van der Waals surface area contributed by atoms with Gasteiger partial charge < -0.3 is 9.73 Å². The van der Waals surface area contributed by atoms with Gasteiger partial charge in [0.2, 0.25) is 5.91 Å². The normalized spacial score (nSPS) is 11.3. The van der Waals surface area contributed by atoms with Crippen LogP contribution in [-0.4, -0.2) is 21.6 Å². The minimum Gasteiger partial charge on any atom is -0.431 e. The summed E-state index contributed by atoms with van der Waals surface area (Å²) in [6, 6.07) is 8.03. The molecule has 0 unspecified atom stereocenters. The highest BCUT2D eigenvalue weighted by Crippen LogP contribution is 2.30. The molecule has 5 nitrogen and oxygen atoms in total. The van der Waals surface area contributed by atoms with E-state index in [1.807, 2.05) is 12.1 Å². The number of halogens is 3. The van der Waals surface area contributed by atoms with Crippen LogP contribution in [-0.2, 0) is 4.79 Å². The zero-order valence-corrected chi connectivity index (χ0v) is 14.4. The van der Waals surface area contributed by atoms with Crippen LogP contribution < -0.4 is 5.32 Å². The van der Waals surface area contributed by atoms with Crippen LogP contribution in [0.2, 0.25) is 0 Å². The van der Waals surface area contributed by atoms with E-state index in [4.69, 9.17) is 4.42 Å². The van der Waals surface area contributed by atoms with Crippen LogP contribution >= 0.6 is 23.1 Å². The number of para-hydroxylation sites is 2. The van der Waals surface area contributed by atoms with Gasteiger partial charge in [0.25, 0.3) is 5.22 Å². The molecule has 4 aromatic rings. The van der Waals surface area contributed by atoms with Gasteiger partial charge in [0.1, 0.15) is 11.0 Å². The number of thiazole rings is 1. The van der Waals surface area contributed by atoms with Gasteiger partial charge in [0.05, 0.1) is 10.5 Å². The number of fused-ring (bicyclic) bond motifs is 2. The monoisotopic (exact) mass is 395 g/mol. The maximum absolute atomic E-state index is 13.7. The first kappa shape index (κ1) is 16.9. The second-order valence-corrected chi connectivity index (χ2v) is 7.09. The molecule has 0 saturated heterocycles. The molecule has 0 atom stereocenters. The van der Waals surface area contributed by atoms with Gasteiger partial charge in [-0.2, -0.15) is 0 Å². The second kappa shape index (κ2) is 6.61. The molecular formula is C16H8F3N3O2S2. The van der Waals surface area contributed by atoms with E-state index in [0.29, 0.717) is 16.3 Å². The number of benzene rings is 2. The van der Waals surface area contributed by atoms with Crippen molar-refractivity contribution < 1.29 is 22.4 Å². The number of nitrogens with one attached hydrogen (secondary N) is 1. The average Bonchev–Trinajstić information content (AvgIpc) is 3.21. The van der Waals surface area contributed by atoms with E-state index in [9.17, 15) is 18.0 Å². The van der Waals surface area contributed by atoms with Crippen molar-refractivity contribution in [3.05, 3.63) is 47.8 Å². The SMILES string of the molecule is O=C(CSc1nc2ccccc2o1)Nc1nc2c(F)c(F)c(F)cc2s1. The maximum Gasteiger partial charge on any atom is 0.257 e. The number of hydrogen-bond acceptors (Lipinski definition) is 6. The lowest BCUT2D eigenvalue weighted by atomic mass is 10.3. The van der Waals surface area contributed by atoms with Crippen molar-refractivity contribution in [2.45, 2.75) is 5.22 Å². The molecule has 1 N–H and O–H groups in total. The third-order valence-corrected chi connectivity index (χ3v) is 5.11. The Morgan fingerprint density at radius 1 is 1.19 bits per heavy atom. The number of hydrogen-bond donors (Lipinski definition) is 1. The molecule has 26 heavy (non-hydrogen) atoms. The number of aromatic nitrogens is 2. The number of oxazole rings is 1. The van der Waals surface area contributed by atoms with Gasteiger partial charge in [0.15, 0.2) is 28.2 Å². The topological polar surface area (TPSA) is 68.0 Å². The lowest BCUT2D eigenvalue weighted by Gasteiger charge is -1.98. The van der Waals surface area contributed by atoms with Crippen molar-refractivity contribution in [3.63, 3.8) is 0 Å². The fourth-order valence-corrected chi connectivity index (χ4v) is 3.77. The second-order valence-electron chi connectivity index (χ2n) is 5.14. The van der Waals surface area contributed by atoms with Crippen molar-refractivity contribution in [2.75, 3.05) is 11.1 Å². The van der Waals surface area contributed by atoms with Gasteiger partial charge in [-0.15, -0.1) is 0 Å². The van der Waals surface area contributed by atoms with E-state index in [2.05, 4.69) is 15.3 Å². The summed E-state index contributed by atoms with van der Waals surface area (Å²) >= 11 is 1.93. The van der Waals surface area contributed by atoms with Gasteiger partial charge in [-0.3, -0.25) is 4.79 Å². The Labute approximate surface area is 152 Å². The van der Waals surface area contributed by atoms with Crippen LogP contribution in [0.5, 0.6) is 0 Å². The first-order valence-electron chi connectivity index (χ1n) is 7.23. The first-order valence-corrected chi connectivity index (χ1v) is 9.04. The molecule has 1 amide bonds. The van der Waals surface area contributed by atoms with Gasteiger partial charge in [-0.05, 0) is 18.2 Å². The Hall–Kier alpha value is -2.59. The van der Waals surface area contributed by atoms with Crippen molar-refractivity contribution in [1.82, 2.24) is 9.97 Å². The Morgan fingerprint density at radius 3 is 2.81 bits per heavy atom. The minimum atomic E-state index is -1.59. The molecule has 0 fully saturated rings. The molecular weight excluding hydrogens is 387 g/mol. The lowest BCUT2D eigenvalue weighted by Crippen LogP contribution is -2.13. The van der Waals surface area contributed by atoms with E-state index in [-0.39, 0.29) is 21.1 Å². The molecule has 0 bridgehead atoms. The maximum atomic E-state index is 13.7. The fraction of sp³-hybridized carbons (Fsp3) is 0.0625. The van der Waals surface area contributed by atoms with Gasteiger partial charge >= 0.3 is 0 Å². The summed E-state index contributed by atoms with van der Waals surface area (Å²) in [6.45, 7) is 0. The van der Waals surface area contributed by atoms with Crippen molar-refractivity contribution in [2.24, 2.45) is 0 Å². The average molecular weight is 395 g/mol. The fourth-order valence-electron chi connectivity index (χ4n) is 2.22. The first-order chi connectivity index (χ1) is 12.5. The highest BCUT2D eigenvalue weighted by atomic mass is 32.2. The summed E-state index contributed by atoms with van der Waals surface area (Å²) in [5.74, 6) is -4.72. The molecule has 10 heteroatoms. The summed E-state index contributed by atoms with van der Waals surface area (Å²) in [5.41, 5.74) is 0.970. The number of anilines is 1. The highest BCUT2D eigenvalue weighted by Gasteiger charge is 2.18. The predicted molar refractivity (Wildman–Crippen MR) is 92.9 cm³/mol. The minimum absolute atomic E-state index is 0.0199. The van der Waals surface area contributed by atoms with Gasteiger partial charge in [-0.1, -0.05) is 35.2 Å². The van der Waals surface area contributed by atoms with Crippen LogP contribution in [0.15, 0.2) is 40.0 Å². The van der Waals surface area contributed by atoms with Crippen molar-refractivity contribution in [1.29, 1.82) is 0 Å². The summed E-state index contributed by atoms with van der Waals surface area (Å²) < 4.78 is 45.7.